The second-order valence-electron chi connectivity index (χ2n) is 15.9. The maximum atomic E-state index is 13.9. The molecule has 0 radical (unpaired) electrons. The SMILES string of the molecule is Cc1cccc(C)c1-c1cc2cc(n1)NS(=O)(=O)c1cccc(c1)C(C1CC3(CCN(C(=O)OC(C)(C)C)CC3)C1)[C@H](CC(C)C)CO2. The molecule has 3 aromatic rings. The van der Waals surface area contributed by atoms with Crippen molar-refractivity contribution >= 4 is 21.9 Å². The number of likely N-dealkylation sites (tertiary alicyclic amines) is 1. The number of amides is 1. The minimum Gasteiger partial charge on any atom is -0.493 e. The lowest BCUT2D eigenvalue weighted by Gasteiger charge is -2.55. The molecule has 3 heterocycles. The monoisotopic (exact) mass is 673 g/mol. The standard InChI is InChI=1S/C39H51N3O5S/c1-25(2)18-29-24-46-31-20-33(35-26(3)10-8-11-27(35)4)40-34(21-31)41-48(44,45)32-13-9-12-28(19-32)36(29)30-22-39(23-30)14-16-42(17-15-39)37(43)47-38(5,6)7/h8-13,19-21,25,29-30,36H,14-18,22-24H2,1-7H3,(H,40,41)/t29-,36?/m1/s1. The molecule has 2 atom stereocenters. The number of fused-ring (bicyclic) bond motifs is 4. The van der Waals surface area contributed by atoms with Crippen molar-refractivity contribution in [1.82, 2.24) is 9.88 Å². The highest BCUT2D eigenvalue weighted by Crippen LogP contribution is 2.59. The van der Waals surface area contributed by atoms with E-state index in [0.717, 1.165) is 54.4 Å². The van der Waals surface area contributed by atoms with Gasteiger partial charge in [0.15, 0.2) is 0 Å². The predicted octanol–water partition coefficient (Wildman–Crippen LogP) is 8.73. The van der Waals surface area contributed by atoms with Crippen LogP contribution in [0.1, 0.15) is 89.3 Å². The van der Waals surface area contributed by atoms with Crippen LogP contribution >= 0.6 is 0 Å². The smallest absolute Gasteiger partial charge is 0.410 e. The van der Waals surface area contributed by atoms with Crippen molar-refractivity contribution in [3.63, 3.8) is 0 Å². The molecule has 2 aliphatic heterocycles. The van der Waals surface area contributed by atoms with E-state index in [1.807, 2.05) is 75.9 Å². The van der Waals surface area contributed by atoms with Gasteiger partial charge in [0.05, 0.1) is 17.2 Å². The first kappa shape index (κ1) is 34.3. The molecule has 1 unspecified atom stereocenters. The Morgan fingerprint density at radius 1 is 1.04 bits per heavy atom. The van der Waals surface area contributed by atoms with Crippen LogP contribution in [0, 0.1) is 37.0 Å². The Labute approximate surface area is 286 Å². The molecule has 48 heavy (non-hydrogen) atoms. The third kappa shape index (κ3) is 7.36. The van der Waals surface area contributed by atoms with Gasteiger partial charge in [-0.3, -0.25) is 4.72 Å². The second kappa shape index (κ2) is 13.0. The number of hydrogen-bond acceptors (Lipinski definition) is 6. The van der Waals surface area contributed by atoms with E-state index in [9.17, 15) is 13.2 Å². The van der Waals surface area contributed by atoms with Crippen molar-refractivity contribution in [3.05, 3.63) is 71.3 Å². The second-order valence-corrected chi connectivity index (χ2v) is 17.6. The highest BCUT2D eigenvalue weighted by molar-refractivity contribution is 7.92. The molecule has 4 bridgehead atoms. The third-order valence-electron chi connectivity index (χ3n) is 10.4. The molecule has 258 valence electrons. The molecule has 8 nitrogen and oxygen atoms in total. The molecular weight excluding hydrogens is 623 g/mol. The molecule has 9 heteroatoms. The summed E-state index contributed by atoms with van der Waals surface area (Å²) >= 11 is 0. The first-order valence-electron chi connectivity index (χ1n) is 17.4. The van der Waals surface area contributed by atoms with Crippen LogP contribution in [0.5, 0.6) is 5.75 Å². The van der Waals surface area contributed by atoms with Gasteiger partial charge in [0.25, 0.3) is 10.0 Å². The van der Waals surface area contributed by atoms with Crippen LogP contribution in [0.2, 0.25) is 0 Å². The van der Waals surface area contributed by atoms with Gasteiger partial charge >= 0.3 is 6.09 Å². The number of pyridine rings is 1. The van der Waals surface area contributed by atoms with Crippen LogP contribution < -0.4 is 9.46 Å². The van der Waals surface area contributed by atoms with Gasteiger partial charge in [-0.2, -0.15) is 0 Å². The normalized spacial score (nSPS) is 22.1. The number of sulfonamides is 1. The molecule has 2 fully saturated rings. The minimum atomic E-state index is -3.92. The van der Waals surface area contributed by atoms with Crippen LogP contribution in [0.15, 0.2) is 59.5 Å². The molecule has 1 spiro atoms. The van der Waals surface area contributed by atoms with Crippen LogP contribution in [0.4, 0.5) is 10.6 Å². The lowest BCUT2D eigenvalue weighted by molar-refractivity contribution is -0.0431. The van der Waals surface area contributed by atoms with Crippen LogP contribution in [-0.4, -0.2) is 49.7 Å². The number of ether oxygens (including phenoxy) is 2. The van der Waals surface area contributed by atoms with Gasteiger partial charge in [0.1, 0.15) is 17.2 Å². The van der Waals surface area contributed by atoms with Crippen molar-refractivity contribution in [2.75, 3.05) is 24.4 Å². The zero-order chi connectivity index (χ0) is 34.4. The van der Waals surface area contributed by atoms with Crippen molar-refractivity contribution in [2.24, 2.45) is 23.2 Å². The number of aryl methyl sites for hydroxylation is 2. The topological polar surface area (TPSA) is 97.8 Å². The minimum absolute atomic E-state index is 0.135. The van der Waals surface area contributed by atoms with Gasteiger partial charge in [-0.15, -0.1) is 0 Å². The van der Waals surface area contributed by atoms with E-state index in [-0.39, 0.29) is 34.1 Å². The van der Waals surface area contributed by atoms with Crippen molar-refractivity contribution in [2.45, 2.75) is 97.0 Å². The summed E-state index contributed by atoms with van der Waals surface area (Å²) in [7, 11) is -3.92. The fraction of sp³-hybridized carbons (Fsp3) is 0.538. The molecule has 6 rings (SSSR count). The Morgan fingerprint density at radius 3 is 2.35 bits per heavy atom. The van der Waals surface area contributed by atoms with E-state index in [2.05, 4.69) is 24.6 Å². The summed E-state index contributed by atoms with van der Waals surface area (Å²) in [5.74, 6) is 1.99. The summed E-state index contributed by atoms with van der Waals surface area (Å²) in [6.07, 6.45) is 4.75. The predicted molar refractivity (Wildman–Crippen MR) is 190 cm³/mol. The lowest BCUT2D eigenvalue weighted by atomic mass is 9.52. The van der Waals surface area contributed by atoms with E-state index in [1.54, 1.807) is 12.1 Å². The molecule has 1 saturated heterocycles. The Morgan fingerprint density at radius 2 is 1.71 bits per heavy atom. The summed E-state index contributed by atoms with van der Waals surface area (Å²) in [5.41, 5.74) is 4.53. The number of carbonyl (C=O) groups excluding carboxylic acids is 1. The van der Waals surface area contributed by atoms with Crippen molar-refractivity contribution in [1.29, 1.82) is 0 Å². The van der Waals surface area contributed by atoms with Gasteiger partial charge < -0.3 is 14.4 Å². The Balaban J connectivity index is 1.32. The number of anilines is 1. The largest absolute Gasteiger partial charge is 0.493 e. The molecular formula is C39H51N3O5S. The van der Waals surface area contributed by atoms with E-state index < -0.39 is 15.6 Å². The van der Waals surface area contributed by atoms with E-state index in [0.29, 0.717) is 43.0 Å². The molecule has 1 aliphatic carbocycles. The number of aromatic nitrogens is 1. The van der Waals surface area contributed by atoms with Crippen LogP contribution in [0.25, 0.3) is 11.3 Å². The summed E-state index contributed by atoms with van der Waals surface area (Å²) < 4.78 is 42.8. The Bertz CT molecular complexity index is 1740. The maximum absolute atomic E-state index is 13.9. The summed E-state index contributed by atoms with van der Waals surface area (Å²) in [6, 6.07) is 17.3. The molecule has 3 aliphatic rings. The molecule has 2 aromatic carbocycles. The summed E-state index contributed by atoms with van der Waals surface area (Å²) in [6.45, 7) is 16.2. The molecule has 1 N–H and O–H groups in total. The van der Waals surface area contributed by atoms with Gasteiger partial charge in [-0.1, -0.05) is 44.2 Å². The number of piperidine rings is 1. The zero-order valence-corrected chi connectivity index (χ0v) is 30.3. The zero-order valence-electron chi connectivity index (χ0n) is 29.5. The van der Waals surface area contributed by atoms with Crippen molar-refractivity contribution < 1.29 is 22.7 Å². The summed E-state index contributed by atoms with van der Waals surface area (Å²) in [4.78, 5) is 19.6. The molecule has 1 amide bonds. The highest BCUT2D eigenvalue weighted by Gasteiger charge is 2.51. The first-order chi connectivity index (χ1) is 22.6. The quantitative estimate of drug-likeness (QED) is 0.298. The van der Waals surface area contributed by atoms with E-state index in [1.165, 1.54) is 0 Å². The number of nitrogens with one attached hydrogen (secondary N) is 1. The van der Waals surface area contributed by atoms with E-state index >= 15 is 0 Å². The van der Waals surface area contributed by atoms with E-state index in [4.69, 9.17) is 14.5 Å². The Hall–Kier alpha value is -3.59. The fourth-order valence-electron chi connectivity index (χ4n) is 8.33. The maximum Gasteiger partial charge on any atom is 0.410 e. The van der Waals surface area contributed by atoms with Gasteiger partial charge in [-0.05, 0) is 119 Å². The van der Waals surface area contributed by atoms with Crippen LogP contribution in [-0.2, 0) is 14.8 Å². The number of benzene rings is 2. The number of hydrogen-bond donors (Lipinski definition) is 1. The highest BCUT2D eigenvalue weighted by atomic mass is 32.2. The Kier molecular flexibility index (Phi) is 9.31. The van der Waals surface area contributed by atoms with Gasteiger partial charge in [-0.25, -0.2) is 18.2 Å². The average Bonchev–Trinajstić information content (AvgIpc) is 2.98. The van der Waals surface area contributed by atoms with Crippen molar-refractivity contribution in [3.8, 4) is 17.0 Å². The van der Waals surface area contributed by atoms with Gasteiger partial charge in [0, 0.05) is 36.7 Å². The molecule has 1 saturated carbocycles. The molecule has 1 aromatic heterocycles. The summed E-state index contributed by atoms with van der Waals surface area (Å²) in [5, 5.41) is 0. The lowest BCUT2D eigenvalue weighted by Crippen LogP contribution is -2.51. The number of carbonyl (C=O) groups is 1. The van der Waals surface area contributed by atoms with Gasteiger partial charge in [0.2, 0.25) is 0 Å². The average molecular weight is 674 g/mol. The number of nitrogens with zero attached hydrogens (tertiary/aromatic N) is 2. The third-order valence-corrected chi connectivity index (χ3v) is 11.8. The first-order valence-corrected chi connectivity index (χ1v) is 18.9. The number of rotatable bonds is 4. The van der Waals surface area contributed by atoms with Crippen LogP contribution in [0.3, 0.4) is 0 Å². The fourth-order valence-corrected chi connectivity index (χ4v) is 9.38.